The lowest BCUT2D eigenvalue weighted by Crippen LogP contribution is -2.03. The van der Waals surface area contributed by atoms with Crippen LogP contribution >= 0.6 is 0 Å². The molecule has 0 atom stereocenters. The molecule has 0 bridgehead atoms. The highest BCUT2D eigenvalue weighted by Crippen LogP contribution is 2.38. The van der Waals surface area contributed by atoms with Gasteiger partial charge < -0.3 is 0 Å². The van der Waals surface area contributed by atoms with Crippen LogP contribution in [0, 0.1) is 0 Å². The van der Waals surface area contributed by atoms with Gasteiger partial charge in [-0.3, -0.25) is 4.40 Å². The van der Waals surface area contributed by atoms with Crippen molar-refractivity contribution in [2.24, 2.45) is 0 Å². The Hall–Kier alpha value is -9.06. The van der Waals surface area contributed by atoms with Gasteiger partial charge in [-0.2, -0.15) is 0 Å². The fraction of sp³-hybridized carbons (Fsp3) is 0. The molecule has 314 valence electrons. The maximum atomic E-state index is 5.31. The zero-order valence-corrected chi connectivity index (χ0v) is 36.4. The lowest BCUT2D eigenvalue weighted by atomic mass is 9.99. The van der Waals surface area contributed by atoms with Crippen LogP contribution in [0.5, 0.6) is 0 Å². The van der Waals surface area contributed by atoms with Gasteiger partial charge in [-0.15, -0.1) is 0 Å². The zero-order valence-electron chi connectivity index (χ0n) is 36.4. The summed E-state index contributed by atoms with van der Waals surface area (Å²) < 4.78 is 2.22. The van der Waals surface area contributed by atoms with Crippen molar-refractivity contribution in [3.05, 3.63) is 249 Å². The lowest BCUT2D eigenvalue weighted by molar-refractivity contribution is 1.05. The summed E-state index contributed by atoms with van der Waals surface area (Å²) in [5.74, 6) is 2.20. The number of hydrogen-bond donors (Lipinski definition) is 0. The van der Waals surface area contributed by atoms with Gasteiger partial charge in [0.1, 0.15) is 11.5 Å². The molecular formula is C62H41N5. The fourth-order valence-electron chi connectivity index (χ4n) is 9.09. The van der Waals surface area contributed by atoms with Gasteiger partial charge in [0.05, 0.1) is 17.1 Å². The maximum absolute atomic E-state index is 5.31. The molecule has 0 saturated carbocycles. The van der Waals surface area contributed by atoms with Crippen LogP contribution in [0.25, 0.3) is 118 Å². The quantitative estimate of drug-likeness (QED) is 0.145. The molecule has 0 aliphatic rings. The molecule has 0 amide bonds. The number of hydrogen-bond acceptors (Lipinski definition) is 4. The van der Waals surface area contributed by atoms with E-state index in [2.05, 4.69) is 235 Å². The summed E-state index contributed by atoms with van der Waals surface area (Å²) in [5, 5.41) is 2.23. The van der Waals surface area contributed by atoms with Gasteiger partial charge in [0.25, 0.3) is 0 Å². The van der Waals surface area contributed by atoms with E-state index in [0.29, 0.717) is 11.6 Å². The van der Waals surface area contributed by atoms with E-state index in [1.165, 1.54) is 0 Å². The maximum Gasteiger partial charge on any atom is 0.163 e. The van der Waals surface area contributed by atoms with E-state index in [0.717, 1.165) is 106 Å². The summed E-state index contributed by atoms with van der Waals surface area (Å²) in [6, 6.07) is 86.8. The van der Waals surface area contributed by atoms with Crippen LogP contribution < -0.4 is 0 Å². The molecule has 0 fully saturated rings. The molecule has 0 N–H and O–H groups in total. The van der Waals surface area contributed by atoms with Crippen molar-refractivity contribution in [3.63, 3.8) is 0 Å². The Morgan fingerprint density at radius 1 is 0.239 bits per heavy atom. The molecule has 0 radical (unpaired) electrons. The van der Waals surface area contributed by atoms with Crippen molar-refractivity contribution in [3.8, 4) is 101 Å². The molecule has 3 heterocycles. The molecule has 5 heteroatoms. The monoisotopic (exact) mass is 855 g/mol. The summed E-state index contributed by atoms with van der Waals surface area (Å²) in [4.78, 5) is 21.0. The van der Waals surface area contributed by atoms with Crippen LogP contribution in [0.2, 0.25) is 0 Å². The van der Waals surface area contributed by atoms with Gasteiger partial charge in [0.15, 0.2) is 11.6 Å². The minimum atomic E-state index is 0.676. The van der Waals surface area contributed by atoms with Gasteiger partial charge in [0.2, 0.25) is 0 Å². The molecule has 9 aromatic carbocycles. The molecule has 0 unspecified atom stereocenters. The van der Waals surface area contributed by atoms with Crippen LogP contribution in [0.15, 0.2) is 249 Å². The zero-order chi connectivity index (χ0) is 44.5. The summed E-state index contributed by atoms with van der Waals surface area (Å²) in [6.07, 6.45) is 0. The van der Waals surface area contributed by atoms with Crippen LogP contribution in [-0.4, -0.2) is 24.3 Å². The summed E-state index contributed by atoms with van der Waals surface area (Å²) in [6.45, 7) is 0. The minimum Gasteiger partial charge on any atom is -0.277 e. The Labute approximate surface area is 389 Å². The number of benzene rings is 9. The van der Waals surface area contributed by atoms with E-state index in [1.807, 2.05) is 18.2 Å². The Kier molecular flexibility index (Phi) is 10.1. The molecule has 5 nitrogen and oxygen atoms in total. The van der Waals surface area contributed by atoms with Crippen molar-refractivity contribution < 1.29 is 0 Å². The number of nitrogens with zero attached hydrogens (tertiary/aromatic N) is 5. The normalized spacial score (nSPS) is 11.3. The third-order valence-corrected chi connectivity index (χ3v) is 12.4. The van der Waals surface area contributed by atoms with Gasteiger partial charge in [0, 0.05) is 38.6 Å². The minimum absolute atomic E-state index is 0.676. The van der Waals surface area contributed by atoms with Crippen LogP contribution in [0.3, 0.4) is 0 Å². The van der Waals surface area contributed by atoms with Crippen LogP contribution in [-0.2, 0) is 0 Å². The standard InChI is InChI=1S/C62H41N5/c1-5-17-42(18-6-1)50-25-15-27-52(39-50)57-41-56(63-60(64-57)53-28-16-26-51(40-53)43-19-7-2-8-20-43)46-35-31-44(32-36-46)45-33-37-48(38-34-45)59-65-61(49-23-11-4-12-24-49)67-58(47-21-9-3-10-22-47)54-29-13-14-30-55(54)62(67)66-59/h1-41H. The third-order valence-electron chi connectivity index (χ3n) is 12.4. The van der Waals surface area contributed by atoms with Crippen molar-refractivity contribution in [1.82, 2.24) is 24.3 Å². The topological polar surface area (TPSA) is 56.0 Å². The second kappa shape index (κ2) is 17.1. The average Bonchev–Trinajstić information content (AvgIpc) is 3.76. The number of fused-ring (bicyclic) bond motifs is 3. The summed E-state index contributed by atoms with van der Waals surface area (Å²) >= 11 is 0. The first kappa shape index (κ1) is 39.5. The average molecular weight is 856 g/mol. The number of rotatable bonds is 9. The van der Waals surface area contributed by atoms with Crippen molar-refractivity contribution >= 4 is 16.4 Å². The van der Waals surface area contributed by atoms with E-state index in [4.69, 9.17) is 19.9 Å². The highest BCUT2D eigenvalue weighted by atomic mass is 15.1. The predicted molar refractivity (Wildman–Crippen MR) is 275 cm³/mol. The largest absolute Gasteiger partial charge is 0.277 e. The Morgan fingerprint density at radius 2 is 0.642 bits per heavy atom. The van der Waals surface area contributed by atoms with E-state index < -0.39 is 0 Å². The van der Waals surface area contributed by atoms with Gasteiger partial charge in [-0.1, -0.05) is 231 Å². The van der Waals surface area contributed by atoms with Crippen LogP contribution in [0.4, 0.5) is 0 Å². The van der Waals surface area contributed by atoms with Gasteiger partial charge in [-0.25, -0.2) is 19.9 Å². The smallest absolute Gasteiger partial charge is 0.163 e. The second-order valence-electron chi connectivity index (χ2n) is 16.7. The van der Waals surface area contributed by atoms with Crippen LogP contribution in [0.1, 0.15) is 0 Å². The molecule has 3 aromatic heterocycles. The van der Waals surface area contributed by atoms with E-state index in [-0.39, 0.29) is 0 Å². The Balaban J connectivity index is 0.911. The molecular weight excluding hydrogens is 815 g/mol. The fourth-order valence-corrected chi connectivity index (χ4v) is 9.09. The Morgan fingerprint density at radius 3 is 1.24 bits per heavy atom. The molecule has 0 saturated heterocycles. The molecule has 0 aliphatic heterocycles. The third kappa shape index (κ3) is 7.64. The second-order valence-corrected chi connectivity index (χ2v) is 16.7. The van der Waals surface area contributed by atoms with Crippen molar-refractivity contribution in [1.29, 1.82) is 0 Å². The van der Waals surface area contributed by atoms with Crippen molar-refractivity contribution in [2.75, 3.05) is 0 Å². The molecule has 67 heavy (non-hydrogen) atoms. The molecule has 0 aliphatic carbocycles. The van der Waals surface area contributed by atoms with Gasteiger partial charge >= 0.3 is 0 Å². The van der Waals surface area contributed by atoms with E-state index in [1.54, 1.807) is 0 Å². The summed E-state index contributed by atoms with van der Waals surface area (Å²) in [7, 11) is 0. The molecule has 12 aromatic rings. The predicted octanol–water partition coefficient (Wildman–Crippen LogP) is 15.7. The first-order chi connectivity index (χ1) is 33.2. The highest BCUT2D eigenvalue weighted by Gasteiger charge is 2.21. The van der Waals surface area contributed by atoms with E-state index in [9.17, 15) is 0 Å². The van der Waals surface area contributed by atoms with Gasteiger partial charge in [-0.05, 0) is 57.1 Å². The first-order valence-corrected chi connectivity index (χ1v) is 22.5. The Bertz CT molecular complexity index is 3600. The number of aromatic nitrogens is 5. The summed E-state index contributed by atoms with van der Waals surface area (Å²) in [5.41, 5.74) is 16.5. The van der Waals surface area contributed by atoms with E-state index >= 15 is 0 Å². The SMILES string of the molecule is c1ccc(-c2cccc(-c3cc(-c4ccc(-c5ccc(-c6nc(-c7ccccc7)n7c(-c8ccccc8)c8ccccc8c7n6)cc5)cc4)nc(-c4cccc(-c5ccccc5)c4)n3)c2)cc1. The molecule has 12 rings (SSSR count). The van der Waals surface area contributed by atoms with Crippen molar-refractivity contribution in [2.45, 2.75) is 0 Å². The first-order valence-electron chi connectivity index (χ1n) is 22.5. The molecule has 0 spiro atoms. The highest BCUT2D eigenvalue weighted by molar-refractivity contribution is 6.06. The lowest BCUT2D eigenvalue weighted by Gasteiger charge is -2.13.